The number of aryl methyl sites for hydroxylation is 2. The van der Waals surface area contributed by atoms with Crippen LogP contribution in [0.25, 0.3) is 11.0 Å². The fourth-order valence-corrected chi connectivity index (χ4v) is 2.88. The van der Waals surface area contributed by atoms with Crippen LogP contribution in [0.5, 0.6) is 5.75 Å². The molecule has 6 nitrogen and oxygen atoms in total. The molecule has 0 radical (unpaired) electrons. The second-order valence-electron chi connectivity index (χ2n) is 6.04. The van der Waals surface area contributed by atoms with Crippen LogP contribution in [0, 0.1) is 13.8 Å². The largest absolute Gasteiger partial charge is 0.483 e. The minimum Gasteiger partial charge on any atom is -0.483 e. The highest BCUT2D eigenvalue weighted by molar-refractivity contribution is 5.85. The summed E-state index contributed by atoms with van der Waals surface area (Å²) >= 11 is 0. The highest BCUT2D eigenvalue weighted by Gasteiger charge is 2.16. The van der Waals surface area contributed by atoms with Gasteiger partial charge in [0.1, 0.15) is 11.3 Å². The average Bonchev–Trinajstić information content (AvgIpc) is 3.06. The van der Waals surface area contributed by atoms with Crippen LogP contribution >= 0.6 is 0 Å². The molecule has 1 saturated heterocycles. The van der Waals surface area contributed by atoms with Crippen LogP contribution in [-0.2, 0) is 9.53 Å². The molecule has 1 aromatic carbocycles. The average molecular weight is 331 g/mol. The van der Waals surface area contributed by atoms with Gasteiger partial charge in [-0.1, -0.05) is 0 Å². The molecule has 24 heavy (non-hydrogen) atoms. The summed E-state index contributed by atoms with van der Waals surface area (Å²) in [7, 11) is 0. The van der Waals surface area contributed by atoms with Crippen LogP contribution in [0.15, 0.2) is 27.4 Å². The van der Waals surface area contributed by atoms with E-state index in [1.165, 1.54) is 6.07 Å². The lowest BCUT2D eigenvalue weighted by Gasteiger charge is -2.13. The van der Waals surface area contributed by atoms with E-state index in [-0.39, 0.29) is 18.6 Å². The standard InChI is InChI=1S/C18H21NO5/c1-11-8-17(21)24-18-12(2)15(6-5-14(11)18)23-10-16(20)19-9-13-4-3-7-22-13/h5-6,8,13H,3-4,7,9-10H2,1-2H3,(H,19,20)/t13-/m0/s1. The van der Waals surface area contributed by atoms with E-state index in [9.17, 15) is 9.59 Å². The van der Waals surface area contributed by atoms with Crippen molar-refractivity contribution in [1.29, 1.82) is 0 Å². The van der Waals surface area contributed by atoms with Crippen molar-refractivity contribution in [2.75, 3.05) is 19.8 Å². The van der Waals surface area contributed by atoms with E-state index in [1.54, 1.807) is 6.07 Å². The Morgan fingerprint density at radius 2 is 2.21 bits per heavy atom. The molecule has 1 N–H and O–H groups in total. The van der Waals surface area contributed by atoms with E-state index in [4.69, 9.17) is 13.9 Å². The second-order valence-corrected chi connectivity index (χ2v) is 6.04. The Hall–Kier alpha value is -2.34. The van der Waals surface area contributed by atoms with Gasteiger partial charge in [0.2, 0.25) is 0 Å². The maximum atomic E-state index is 11.9. The van der Waals surface area contributed by atoms with Crippen LogP contribution < -0.4 is 15.7 Å². The van der Waals surface area contributed by atoms with Crippen LogP contribution in [0.4, 0.5) is 0 Å². The molecule has 6 heteroatoms. The first-order valence-electron chi connectivity index (χ1n) is 8.10. The molecule has 0 unspecified atom stereocenters. The maximum Gasteiger partial charge on any atom is 0.336 e. The monoisotopic (exact) mass is 331 g/mol. The second kappa shape index (κ2) is 7.05. The first kappa shape index (κ1) is 16.5. The van der Waals surface area contributed by atoms with Gasteiger partial charge in [-0.15, -0.1) is 0 Å². The number of nitrogens with one attached hydrogen (secondary N) is 1. The molecule has 1 aromatic heterocycles. The summed E-state index contributed by atoms with van der Waals surface area (Å²) in [6.45, 7) is 4.85. The molecule has 0 saturated carbocycles. The molecular weight excluding hydrogens is 310 g/mol. The number of ether oxygens (including phenoxy) is 2. The van der Waals surface area contributed by atoms with Gasteiger partial charge in [0.15, 0.2) is 6.61 Å². The molecule has 1 aliphatic rings. The summed E-state index contributed by atoms with van der Waals surface area (Å²) < 4.78 is 16.3. The molecule has 1 aliphatic heterocycles. The van der Waals surface area contributed by atoms with Crippen LogP contribution in [0.1, 0.15) is 24.0 Å². The number of hydrogen-bond donors (Lipinski definition) is 1. The normalized spacial score (nSPS) is 17.2. The van der Waals surface area contributed by atoms with Gasteiger partial charge in [-0.3, -0.25) is 4.79 Å². The van der Waals surface area contributed by atoms with Gasteiger partial charge >= 0.3 is 5.63 Å². The van der Waals surface area contributed by atoms with Gasteiger partial charge < -0.3 is 19.2 Å². The third kappa shape index (κ3) is 3.59. The minimum atomic E-state index is -0.394. The van der Waals surface area contributed by atoms with Crippen molar-refractivity contribution in [3.8, 4) is 5.75 Å². The molecule has 1 atom stereocenters. The zero-order valence-electron chi connectivity index (χ0n) is 13.9. The molecule has 0 spiro atoms. The van der Waals surface area contributed by atoms with E-state index < -0.39 is 5.63 Å². The Balaban J connectivity index is 1.65. The maximum absolute atomic E-state index is 11.9. The van der Waals surface area contributed by atoms with Crippen LogP contribution in [0.3, 0.4) is 0 Å². The van der Waals surface area contributed by atoms with Crippen LogP contribution in [0.2, 0.25) is 0 Å². The Morgan fingerprint density at radius 1 is 1.38 bits per heavy atom. The van der Waals surface area contributed by atoms with Gasteiger partial charge in [0.25, 0.3) is 5.91 Å². The predicted octanol–water partition coefficient (Wildman–Crippen LogP) is 2.08. The molecule has 2 heterocycles. The zero-order chi connectivity index (χ0) is 17.1. The summed E-state index contributed by atoms with van der Waals surface area (Å²) in [5, 5.41) is 3.67. The molecule has 1 amide bonds. The Morgan fingerprint density at radius 3 is 2.96 bits per heavy atom. The van der Waals surface area contributed by atoms with Gasteiger partial charge in [-0.2, -0.15) is 0 Å². The van der Waals surface area contributed by atoms with Crippen LogP contribution in [-0.4, -0.2) is 31.8 Å². The van der Waals surface area contributed by atoms with Crippen molar-refractivity contribution in [1.82, 2.24) is 5.32 Å². The number of benzene rings is 1. The quantitative estimate of drug-likeness (QED) is 0.849. The smallest absolute Gasteiger partial charge is 0.336 e. The highest BCUT2D eigenvalue weighted by Crippen LogP contribution is 2.28. The third-order valence-electron chi connectivity index (χ3n) is 4.23. The predicted molar refractivity (Wildman–Crippen MR) is 89.4 cm³/mol. The SMILES string of the molecule is Cc1cc(=O)oc2c(C)c(OCC(=O)NC[C@@H]3CCCO3)ccc12. The van der Waals surface area contributed by atoms with E-state index in [2.05, 4.69) is 5.32 Å². The number of carbonyl (C=O) groups excluding carboxylic acids is 1. The van der Waals surface area contributed by atoms with Crippen molar-refractivity contribution in [3.05, 3.63) is 39.7 Å². The number of carbonyl (C=O) groups is 1. The lowest BCUT2D eigenvalue weighted by Crippen LogP contribution is -2.35. The molecule has 0 bridgehead atoms. The summed E-state index contributed by atoms with van der Waals surface area (Å²) in [5.74, 6) is 0.333. The number of fused-ring (bicyclic) bond motifs is 1. The fraction of sp³-hybridized carbons (Fsp3) is 0.444. The topological polar surface area (TPSA) is 77.8 Å². The summed E-state index contributed by atoms with van der Waals surface area (Å²) in [4.78, 5) is 23.5. The molecule has 1 fully saturated rings. The third-order valence-corrected chi connectivity index (χ3v) is 4.23. The van der Waals surface area contributed by atoms with Crippen molar-refractivity contribution in [2.45, 2.75) is 32.8 Å². The minimum absolute atomic E-state index is 0.0882. The lowest BCUT2D eigenvalue weighted by atomic mass is 10.1. The number of rotatable bonds is 5. The molecule has 0 aliphatic carbocycles. The first-order chi connectivity index (χ1) is 11.5. The van der Waals surface area contributed by atoms with Crippen molar-refractivity contribution in [2.24, 2.45) is 0 Å². The molecule has 3 rings (SSSR count). The Kier molecular flexibility index (Phi) is 4.85. The molecular formula is C18H21NO5. The molecule has 128 valence electrons. The zero-order valence-corrected chi connectivity index (χ0v) is 13.9. The van der Waals surface area contributed by atoms with Crippen molar-refractivity contribution >= 4 is 16.9 Å². The van der Waals surface area contributed by atoms with Crippen molar-refractivity contribution in [3.63, 3.8) is 0 Å². The van der Waals surface area contributed by atoms with Crippen molar-refractivity contribution < 1.29 is 18.7 Å². The Bertz CT molecular complexity index is 805. The summed E-state index contributed by atoms with van der Waals surface area (Å²) in [6.07, 6.45) is 2.12. The fourth-order valence-electron chi connectivity index (χ4n) is 2.88. The number of hydrogen-bond acceptors (Lipinski definition) is 5. The summed E-state index contributed by atoms with van der Waals surface area (Å²) in [6, 6.07) is 5.08. The lowest BCUT2D eigenvalue weighted by molar-refractivity contribution is -0.123. The summed E-state index contributed by atoms with van der Waals surface area (Å²) in [5.41, 5.74) is 1.66. The van der Waals surface area contributed by atoms with E-state index in [1.807, 2.05) is 19.9 Å². The highest BCUT2D eigenvalue weighted by atomic mass is 16.5. The molecule has 2 aromatic rings. The Labute approximate surface area is 139 Å². The van der Waals surface area contributed by atoms with Gasteiger partial charge in [-0.25, -0.2) is 4.79 Å². The van der Waals surface area contributed by atoms with Gasteiger partial charge in [0, 0.05) is 30.2 Å². The van der Waals surface area contributed by atoms with E-state index >= 15 is 0 Å². The van der Waals surface area contributed by atoms with Gasteiger partial charge in [-0.05, 0) is 44.4 Å². The first-order valence-corrected chi connectivity index (χ1v) is 8.10. The van der Waals surface area contributed by atoms with Gasteiger partial charge in [0.05, 0.1) is 6.10 Å². The number of amides is 1. The van der Waals surface area contributed by atoms with E-state index in [0.29, 0.717) is 23.4 Å². The van der Waals surface area contributed by atoms with E-state index in [0.717, 1.165) is 30.4 Å².